The molecule has 116 valence electrons. The van der Waals surface area contributed by atoms with Crippen LogP contribution in [0.5, 0.6) is 0 Å². The maximum absolute atomic E-state index is 12.9. The van der Waals surface area contributed by atoms with E-state index in [9.17, 15) is 8.42 Å². The largest absolute Gasteiger partial charge is 0.316 e. The summed E-state index contributed by atoms with van der Waals surface area (Å²) in [6.45, 7) is 7.61. The number of rotatable bonds is 4. The SMILES string of the molecule is CNCc1cc(C)c(C)c(S(=O)(=O)N2CC=C(C)CC2)c1. The Balaban J connectivity index is 2.44. The molecule has 0 fully saturated rings. The smallest absolute Gasteiger partial charge is 0.243 e. The molecular weight excluding hydrogens is 284 g/mol. The van der Waals surface area contributed by atoms with E-state index in [1.54, 1.807) is 10.4 Å². The van der Waals surface area contributed by atoms with Crippen LogP contribution in [0.1, 0.15) is 30.0 Å². The first-order valence-corrected chi connectivity index (χ1v) is 8.70. The number of aryl methyl sites for hydroxylation is 1. The van der Waals surface area contributed by atoms with E-state index in [1.165, 1.54) is 5.57 Å². The van der Waals surface area contributed by atoms with Gasteiger partial charge in [-0.25, -0.2) is 8.42 Å². The maximum atomic E-state index is 12.9. The van der Waals surface area contributed by atoms with Crippen molar-refractivity contribution in [3.63, 3.8) is 0 Å². The fraction of sp³-hybridized carbons (Fsp3) is 0.500. The van der Waals surface area contributed by atoms with Gasteiger partial charge >= 0.3 is 0 Å². The number of sulfonamides is 1. The zero-order valence-electron chi connectivity index (χ0n) is 13.2. The molecular formula is C16H24N2O2S. The lowest BCUT2D eigenvalue weighted by atomic mass is 10.1. The highest BCUT2D eigenvalue weighted by atomic mass is 32.2. The van der Waals surface area contributed by atoms with Gasteiger partial charge in [-0.3, -0.25) is 0 Å². The number of hydrogen-bond donors (Lipinski definition) is 1. The van der Waals surface area contributed by atoms with Crippen LogP contribution in [0.4, 0.5) is 0 Å². The molecule has 0 saturated heterocycles. The Bertz CT molecular complexity index is 663. The van der Waals surface area contributed by atoms with Gasteiger partial charge in [-0.05, 0) is 57.0 Å². The van der Waals surface area contributed by atoms with Crippen LogP contribution in [0.25, 0.3) is 0 Å². The van der Waals surface area contributed by atoms with Crippen molar-refractivity contribution in [2.75, 3.05) is 20.1 Å². The van der Waals surface area contributed by atoms with Crippen LogP contribution in [0.2, 0.25) is 0 Å². The lowest BCUT2D eigenvalue weighted by Crippen LogP contribution is -2.35. The third-order valence-electron chi connectivity index (χ3n) is 4.08. The van der Waals surface area contributed by atoms with Crippen molar-refractivity contribution in [3.05, 3.63) is 40.5 Å². The number of nitrogens with zero attached hydrogens (tertiary/aromatic N) is 1. The molecule has 0 saturated carbocycles. The quantitative estimate of drug-likeness (QED) is 0.869. The van der Waals surface area contributed by atoms with Crippen molar-refractivity contribution in [2.45, 2.75) is 38.6 Å². The third kappa shape index (κ3) is 3.36. The molecule has 1 heterocycles. The zero-order chi connectivity index (χ0) is 15.6. The van der Waals surface area contributed by atoms with E-state index in [1.807, 2.05) is 40.0 Å². The van der Waals surface area contributed by atoms with Gasteiger partial charge in [0.05, 0.1) is 4.90 Å². The van der Waals surface area contributed by atoms with E-state index in [2.05, 4.69) is 5.32 Å². The topological polar surface area (TPSA) is 49.4 Å². The first kappa shape index (κ1) is 16.2. The summed E-state index contributed by atoms with van der Waals surface area (Å²) in [6, 6.07) is 3.85. The fourth-order valence-electron chi connectivity index (χ4n) is 2.58. The Hall–Kier alpha value is -1.17. The molecule has 0 atom stereocenters. The van der Waals surface area contributed by atoms with Crippen LogP contribution >= 0.6 is 0 Å². The summed E-state index contributed by atoms with van der Waals surface area (Å²) in [5, 5.41) is 3.08. The molecule has 0 bridgehead atoms. The molecule has 21 heavy (non-hydrogen) atoms. The lowest BCUT2D eigenvalue weighted by molar-refractivity contribution is 0.431. The number of nitrogens with one attached hydrogen (secondary N) is 1. The zero-order valence-corrected chi connectivity index (χ0v) is 14.0. The van der Waals surface area contributed by atoms with Crippen LogP contribution in [0.3, 0.4) is 0 Å². The molecule has 1 aliphatic rings. The summed E-state index contributed by atoms with van der Waals surface area (Å²) in [5.41, 5.74) is 4.13. The van der Waals surface area contributed by atoms with Crippen LogP contribution in [0.15, 0.2) is 28.7 Å². The van der Waals surface area contributed by atoms with Gasteiger partial charge in [0.1, 0.15) is 0 Å². The Morgan fingerprint density at radius 2 is 1.95 bits per heavy atom. The molecule has 5 heteroatoms. The fourth-order valence-corrected chi connectivity index (χ4v) is 4.31. The van der Waals surface area contributed by atoms with E-state index in [0.29, 0.717) is 24.5 Å². The summed E-state index contributed by atoms with van der Waals surface area (Å²) >= 11 is 0. The average molecular weight is 308 g/mol. The highest BCUT2D eigenvalue weighted by Gasteiger charge is 2.27. The van der Waals surface area contributed by atoms with E-state index in [4.69, 9.17) is 0 Å². The molecule has 2 rings (SSSR count). The van der Waals surface area contributed by atoms with Crippen LogP contribution in [-0.2, 0) is 16.6 Å². The van der Waals surface area contributed by atoms with E-state index < -0.39 is 10.0 Å². The van der Waals surface area contributed by atoms with Crippen molar-refractivity contribution >= 4 is 10.0 Å². The highest BCUT2D eigenvalue weighted by Crippen LogP contribution is 2.26. The summed E-state index contributed by atoms with van der Waals surface area (Å²) < 4.78 is 27.4. The Morgan fingerprint density at radius 3 is 2.52 bits per heavy atom. The molecule has 0 amide bonds. The molecule has 0 aromatic heterocycles. The number of hydrogen-bond acceptors (Lipinski definition) is 3. The second kappa shape index (κ2) is 6.30. The summed E-state index contributed by atoms with van der Waals surface area (Å²) in [5.74, 6) is 0. The van der Waals surface area contributed by atoms with Gasteiger partial charge < -0.3 is 5.32 Å². The van der Waals surface area contributed by atoms with Crippen molar-refractivity contribution in [3.8, 4) is 0 Å². The number of benzene rings is 1. The Kier molecular flexibility index (Phi) is 4.86. The minimum absolute atomic E-state index is 0.445. The van der Waals surface area contributed by atoms with E-state index in [0.717, 1.165) is 23.1 Å². The highest BCUT2D eigenvalue weighted by molar-refractivity contribution is 7.89. The predicted molar refractivity (Wildman–Crippen MR) is 85.8 cm³/mol. The van der Waals surface area contributed by atoms with E-state index >= 15 is 0 Å². The van der Waals surface area contributed by atoms with Gasteiger partial charge in [0.2, 0.25) is 10.0 Å². The molecule has 0 aliphatic carbocycles. The molecule has 1 aromatic carbocycles. The normalized spacial score (nSPS) is 16.9. The lowest BCUT2D eigenvalue weighted by Gasteiger charge is -2.26. The maximum Gasteiger partial charge on any atom is 0.243 e. The summed E-state index contributed by atoms with van der Waals surface area (Å²) in [7, 11) is -1.56. The minimum atomic E-state index is -3.42. The van der Waals surface area contributed by atoms with Crippen LogP contribution in [0, 0.1) is 13.8 Å². The second-order valence-electron chi connectivity index (χ2n) is 5.73. The summed E-state index contributed by atoms with van der Waals surface area (Å²) in [6.07, 6.45) is 2.81. The minimum Gasteiger partial charge on any atom is -0.316 e. The predicted octanol–water partition coefficient (Wildman–Crippen LogP) is 2.36. The average Bonchev–Trinajstić information content (AvgIpc) is 2.43. The van der Waals surface area contributed by atoms with Crippen molar-refractivity contribution in [1.29, 1.82) is 0 Å². The molecule has 1 aromatic rings. The van der Waals surface area contributed by atoms with Gasteiger partial charge in [0, 0.05) is 19.6 Å². The van der Waals surface area contributed by atoms with Crippen LogP contribution in [-0.4, -0.2) is 32.9 Å². The van der Waals surface area contributed by atoms with Crippen molar-refractivity contribution in [1.82, 2.24) is 9.62 Å². The first-order chi connectivity index (χ1) is 9.86. The molecule has 4 nitrogen and oxygen atoms in total. The van der Waals surface area contributed by atoms with Gasteiger partial charge in [0.15, 0.2) is 0 Å². The standard InChI is InChI=1S/C16H24N2O2S/c1-12-5-7-18(8-6-12)21(19,20)16-10-15(11-17-4)9-13(2)14(16)3/h5,9-10,17H,6-8,11H2,1-4H3. The molecule has 1 N–H and O–H groups in total. The molecule has 1 aliphatic heterocycles. The van der Waals surface area contributed by atoms with Crippen LogP contribution < -0.4 is 5.32 Å². The van der Waals surface area contributed by atoms with E-state index in [-0.39, 0.29) is 0 Å². The second-order valence-corrected chi connectivity index (χ2v) is 7.64. The Morgan fingerprint density at radius 1 is 1.24 bits per heavy atom. The van der Waals surface area contributed by atoms with Gasteiger partial charge in [-0.1, -0.05) is 17.7 Å². The Labute approximate surface area is 127 Å². The first-order valence-electron chi connectivity index (χ1n) is 7.26. The third-order valence-corrected chi connectivity index (χ3v) is 6.07. The summed E-state index contributed by atoms with van der Waals surface area (Å²) in [4.78, 5) is 0.445. The molecule has 0 spiro atoms. The van der Waals surface area contributed by atoms with Gasteiger partial charge in [-0.15, -0.1) is 0 Å². The van der Waals surface area contributed by atoms with Crippen molar-refractivity contribution < 1.29 is 8.42 Å². The van der Waals surface area contributed by atoms with Crippen molar-refractivity contribution in [2.24, 2.45) is 0 Å². The molecule has 0 radical (unpaired) electrons. The molecule has 0 unspecified atom stereocenters. The monoisotopic (exact) mass is 308 g/mol. The van der Waals surface area contributed by atoms with Gasteiger partial charge in [0.25, 0.3) is 0 Å². The van der Waals surface area contributed by atoms with Gasteiger partial charge in [-0.2, -0.15) is 4.31 Å².